The van der Waals surface area contributed by atoms with Gasteiger partial charge in [-0.3, -0.25) is 0 Å². The molecular formula is C15H14BrCl2NO. The molecule has 0 aliphatic rings. The molecule has 5 heteroatoms. The number of hydrogen-bond donors (Lipinski definition) is 1. The van der Waals surface area contributed by atoms with Gasteiger partial charge < -0.3 is 10.1 Å². The van der Waals surface area contributed by atoms with Gasteiger partial charge in [-0.15, -0.1) is 0 Å². The summed E-state index contributed by atoms with van der Waals surface area (Å²) in [6, 6.07) is 11.4. The Hall–Kier alpha value is -0.900. The second-order valence-electron chi connectivity index (χ2n) is 4.17. The summed E-state index contributed by atoms with van der Waals surface area (Å²) in [4.78, 5) is 0. The highest BCUT2D eigenvalue weighted by molar-refractivity contribution is 9.10. The lowest BCUT2D eigenvalue weighted by atomic mass is 10.2. The van der Waals surface area contributed by atoms with Crippen LogP contribution in [0, 0.1) is 0 Å². The highest BCUT2D eigenvalue weighted by Gasteiger charge is 2.05. The lowest BCUT2D eigenvalue weighted by molar-refractivity contribution is 0.337. The Bertz CT molecular complexity index is 604. The first-order valence-corrected chi connectivity index (χ1v) is 7.75. The average Bonchev–Trinajstić information content (AvgIpc) is 2.43. The number of ether oxygens (including phenoxy) is 1. The predicted molar refractivity (Wildman–Crippen MR) is 89.1 cm³/mol. The van der Waals surface area contributed by atoms with Crippen LogP contribution in [-0.2, 0) is 6.54 Å². The molecule has 0 aliphatic carbocycles. The number of benzene rings is 2. The minimum Gasteiger partial charge on any atom is -0.494 e. The van der Waals surface area contributed by atoms with Gasteiger partial charge in [0.05, 0.1) is 16.7 Å². The van der Waals surface area contributed by atoms with E-state index in [1.807, 2.05) is 37.3 Å². The second kappa shape index (κ2) is 7.21. The zero-order valence-electron chi connectivity index (χ0n) is 10.9. The molecule has 0 atom stereocenters. The van der Waals surface area contributed by atoms with Gasteiger partial charge in [-0.2, -0.15) is 0 Å². The number of halogens is 3. The number of nitrogens with one attached hydrogen (secondary N) is 1. The quantitative estimate of drug-likeness (QED) is 0.717. The van der Waals surface area contributed by atoms with Gasteiger partial charge in [0, 0.05) is 22.3 Å². The predicted octanol–water partition coefficient (Wildman–Crippen LogP) is 5.77. The van der Waals surface area contributed by atoms with E-state index in [-0.39, 0.29) is 0 Å². The molecule has 2 aromatic rings. The maximum Gasteiger partial charge on any atom is 0.124 e. The van der Waals surface area contributed by atoms with Crippen molar-refractivity contribution in [2.24, 2.45) is 0 Å². The van der Waals surface area contributed by atoms with Crippen LogP contribution < -0.4 is 10.1 Å². The zero-order valence-corrected chi connectivity index (χ0v) is 14.0. The van der Waals surface area contributed by atoms with Crippen LogP contribution in [0.15, 0.2) is 40.9 Å². The van der Waals surface area contributed by atoms with Crippen molar-refractivity contribution in [3.8, 4) is 5.75 Å². The van der Waals surface area contributed by atoms with E-state index in [2.05, 4.69) is 21.2 Å². The molecule has 0 saturated heterocycles. The Kier molecular flexibility index (Phi) is 5.58. The van der Waals surface area contributed by atoms with Gasteiger partial charge in [0.25, 0.3) is 0 Å². The Labute approximate surface area is 137 Å². The summed E-state index contributed by atoms with van der Waals surface area (Å²) < 4.78 is 6.64. The molecular weight excluding hydrogens is 361 g/mol. The molecule has 0 aliphatic heterocycles. The van der Waals surface area contributed by atoms with Crippen molar-refractivity contribution in [1.29, 1.82) is 0 Å². The molecule has 0 amide bonds. The molecule has 106 valence electrons. The molecule has 0 fully saturated rings. The summed E-state index contributed by atoms with van der Waals surface area (Å²) in [6.07, 6.45) is 0. The van der Waals surface area contributed by atoms with Crippen LogP contribution in [0.3, 0.4) is 0 Å². The Morgan fingerprint density at radius 2 is 1.90 bits per heavy atom. The lowest BCUT2D eigenvalue weighted by Gasteiger charge is -2.12. The van der Waals surface area contributed by atoms with Gasteiger partial charge in [0.15, 0.2) is 0 Å². The van der Waals surface area contributed by atoms with E-state index in [1.54, 1.807) is 6.07 Å². The highest BCUT2D eigenvalue weighted by atomic mass is 79.9. The van der Waals surface area contributed by atoms with Crippen molar-refractivity contribution in [1.82, 2.24) is 0 Å². The van der Waals surface area contributed by atoms with Crippen LogP contribution in [0.25, 0.3) is 0 Å². The molecule has 0 aromatic heterocycles. The van der Waals surface area contributed by atoms with E-state index in [0.29, 0.717) is 23.2 Å². The fraction of sp³-hybridized carbons (Fsp3) is 0.200. The third-order valence-electron chi connectivity index (χ3n) is 2.72. The maximum absolute atomic E-state index is 6.00. The molecule has 0 heterocycles. The lowest BCUT2D eigenvalue weighted by Crippen LogP contribution is -2.03. The smallest absolute Gasteiger partial charge is 0.124 e. The van der Waals surface area contributed by atoms with Crippen LogP contribution in [0.5, 0.6) is 5.75 Å². The topological polar surface area (TPSA) is 21.3 Å². The zero-order chi connectivity index (χ0) is 14.5. The first-order chi connectivity index (χ1) is 9.60. The van der Waals surface area contributed by atoms with Crippen molar-refractivity contribution in [3.63, 3.8) is 0 Å². The maximum atomic E-state index is 6.00. The average molecular weight is 375 g/mol. The fourth-order valence-corrected chi connectivity index (χ4v) is 2.49. The van der Waals surface area contributed by atoms with E-state index in [0.717, 1.165) is 21.5 Å². The van der Waals surface area contributed by atoms with Crippen LogP contribution in [0.4, 0.5) is 5.69 Å². The molecule has 1 N–H and O–H groups in total. The van der Waals surface area contributed by atoms with Gasteiger partial charge in [0.1, 0.15) is 5.75 Å². The monoisotopic (exact) mass is 373 g/mol. The van der Waals surface area contributed by atoms with Crippen LogP contribution in [0.1, 0.15) is 12.5 Å². The number of anilines is 1. The normalized spacial score (nSPS) is 10.4. The van der Waals surface area contributed by atoms with E-state index >= 15 is 0 Å². The Balaban J connectivity index is 2.13. The summed E-state index contributed by atoms with van der Waals surface area (Å²) >= 11 is 15.4. The summed E-state index contributed by atoms with van der Waals surface area (Å²) in [7, 11) is 0. The molecule has 20 heavy (non-hydrogen) atoms. The molecule has 0 bridgehead atoms. The van der Waals surface area contributed by atoms with Gasteiger partial charge in [-0.25, -0.2) is 0 Å². The van der Waals surface area contributed by atoms with E-state index in [1.165, 1.54) is 0 Å². The van der Waals surface area contributed by atoms with Crippen molar-refractivity contribution in [2.75, 3.05) is 11.9 Å². The SMILES string of the molecule is CCOc1ccc(Br)cc1CNc1ccc(Cl)c(Cl)c1. The summed E-state index contributed by atoms with van der Waals surface area (Å²) in [6.45, 7) is 3.26. The summed E-state index contributed by atoms with van der Waals surface area (Å²) in [5.41, 5.74) is 1.99. The van der Waals surface area contributed by atoms with E-state index in [9.17, 15) is 0 Å². The number of rotatable bonds is 5. The van der Waals surface area contributed by atoms with Crippen molar-refractivity contribution >= 4 is 44.8 Å². The van der Waals surface area contributed by atoms with Crippen LogP contribution >= 0.6 is 39.1 Å². The van der Waals surface area contributed by atoms with E-state index < -0.39 is 0 Å². The summed E-state index contributed by atoms with van der Waals surface area (Å²) in [5, 5.41) is 4.40. The molecule has 0 spiro atoms. The minimum atomic E-state index is 0.538. The van der Waals surface area contributed by atoms with Crippen LogP contribution in [-0.4, -0.2) is 6.61 Å². The largest absolute Gasteiger partial charge is 0.494 e. The first-order valence-electron chi connectivity index (χ1n) is 6.20. The minimum absolute atomic E-state index is 0.538. The van der Waals surface area contributed by atoms with Crippen LogP contribution in [0.2, 0.25) is 10.0 Å². The van der Waals surface area contributed by atoms with Crippen molar-refractivity contribution in [3.05, 3.63) is 56.5 Å². The standard InChI is InChI=1S/C15H14BrCl2NO/c1-2-20-15-6-3-11(16)7-10(15)9-19-12-4-5-13(17)14(18)8-12/h3-8,19H,2,9H2,1H3. The fourth-order valence-electron chi connectivity index (χ4n) is 1.79. The second-order valence-corrected chi connectivity index (χ2v) is 5.90. The van der Waals surface area contributed by atoms with E-state index in [4.69, 9.17) is 27.9 Å². The molecule has 2 aromatic carbocycles. The molecule has 0 unspecified atom stereocenters. The van der Waals surface area contributed by atoms with Gasteiger partial charge in [-0.1, -0.05) is 39.1 Å². The third-order valence-corrected chi connectivity index (χ3v) is 3.96. The van der Waals surface area contributed by atoms with Gasteiger partial charge in [0.2, 0.25) is 0 Å². The summed E-state index contributed by atoms with van der Waals surface area (Å²) in [5.74, 6) is 0.878. The Morgan fingerprint density at radius 3 is 2.60 bits per heavy atom. The molecule has 0 saturated carbocycles. The van der Waals surface area contributed by atoms with Gasteiger partial charge >= 0.3 is 0 Å². The number of hydrogen-bond acceptors (Lipinski definition) is 2. The third kappa shape index (κ3) is 4.05. The van der Waals surface area contributed by atoms with Crippen molar-refractivity contribution < 1.29 is 4.74 Å². The molecule has 2 rings (SSSR count). The highest BCUT2D eigenvalue weighted by Crippen LogP contribution is 2.27. The van der Waals surface area contributed by atoms with Crippen molar-refractivity contribution in [2.45, 2.75) is 13.5 Å². The Morgan fingerprint density at radius 1 is 1.10 bits per heavy atom. The van der Waals surface area contributed by atoms with Gasteiger partial charge in [-0.05, 0) is 43.3 Å². The molecule has 2 nitrogen and oxygen atoms in total. The molecule has 0 radical (unpaired) electrons. The first kappa shape index (κ1) is 15.5.